The van der Waals surface area contributed by atoms with Gasteiger partial charge in [-0.2, -0.15) is 5.10 Å². The number of anilines is 1. The number of carbonyl (C=O) groups is 3. The number of benzene rings is 4. The normalized spacial score (nSPS) is 10.6. The van der Waals surface area contributed by atoms with Crippen LogP contribution >= 0.6 is 11.6 Å². The Morgan fingerprint density at radius 2 is 1.54 bits per heavy atom. The maximum Gasteiger partial charge on any atom is 0.343 e. The summed E-state index contributed by atoms with van der Waals surface area (Å²) >= 11 is 6.11. The minimum Gasteiger partial charge on any atom is -0.497 e. The van der Waals surface area contributed by atoms with Gasteiger partial charge in [0.1, 0.15) is 11.5 Å². The molecule has 8 nitrogen and oxygen atoms in total. The number of hydrogen-bond acceptors (Lipinski definition) is 6. The van der Waals surface area contributed by atoms with Crippen LogP contribution in [0.25, 0.3) is 0 Å². The quantitative estimate of drug-likeness (QED) is 0.125. The SMILES string of the molecule is COc1ccc(C(=O)Oc2ccc(Cl)cc2/C=N/NC(=O)c2ccc(NC(=O)c3cccc(C)c3)cc2)cc1. The van der Waals surface area contributed by atoms with Gasteiger partial charge in [-0.05, 0) is 85.8 Å². The Bertz CT molecular complexity index is 1530. The van der Waals surface area contributed by atoms with Crippen LogP contribution in [-0.2, 0) is 0 Å². The van der Waals surface area contributed by atoms with E-state index in [-0.39, 0.29) is 11.7 Å². The van der Waals surface area contributed by atoms with Crippen LogP contribution in [-0.4, -0.2) is 31.1 Å². The number of carbonyl (C=O) groups excluding carboxylic acids is 3. The Morgan fingerprint density at radius 3 is 2.23 bits per heavy atom. The molecule has 39 heavy (non-hydrogen) atoms. The lowest BCUT2D eigenvalue weighted by molar-refractivity contribution is 0.0733. The van der Waals surface area contributed by atoms with Crippen molar-refractivity contribution in [1.29, 1.82) is 0 Å². The summed E-state index contributed by atoms with van der Waals surface area (Å²) in [6.45, 7) is 1.91. The van der Waals surface area contributed by atoms with Crippen LogP contribution in [0.3, 0.4) is 0 Å². The second kappa shape index (κ2) is 12.5. The molecule has 0 radical (unpaired) electrons. The summed E-state index contributed by atoms with van der Waals surface area (Å²) < 4.78 is 10.6. The number of aryl methyl sites for hydroxylation is 1. The van der Waals surface area contributed by atoms with Crippen molar-refractivity contribution in [3.8, 4) is 11.5 Å². The fourth-order valence-electron chi connectivity index (χ4n) is 3.52. The van der Waals surface area contributed by atoms with Gasteiger partial charge in [0.2, 0.25) is 0 Å². The van der Waals surface area contributed by atoms with Crippen LogP contribution in [0.1, 0.15) is 42.2 Å². The van der Waals surface area contributed by atoms with Crippen LogP contribution in [0.5, 0.6) is 11.5 Å². The average molecular weight is 542 g/mol. The number of methoxy groups -OCH3 is 1. The molecule has 4 rings (SSSR count). The first-order valence-corrected chi connectivity index (χ1v) is 12.2. The molecule has 0 unspecified atom stereocenters. The van der Waals surface area contributed by atoms with E-state index >= 15 is 0 Å². The zero-order chi connectivity index (χ0) is 27.8. The van der Waals surface area contributed by atoms with Crippen molar-refractivity contribution in [3.05, 3.63) is 124 Å². The van der Waals surface area contributed by atoms with E-state index in [1.165, 1.54) is 19.4 Å². The number of hydrazone groups is 1. The molecule has 196 valence electrons. The average Bonchev–Trinajstić information content (AvgIpc) is 2.94. The predicted molar refractivity (Wildman–Crippen MR) is 150 cm³/mol. The fourth-order valence-corrected chi connectivity index (χ4v) is 3.70. The number of ether oxygens (including phenoxy) is 2. The molecule has 0 aliphatic carbocycles. The number of rotatable bonds is 8. The summed E-state index contributed by atoms with van der Waals surface area (Å²) in [7, 11) is 1.54. The van der Waals surface area contributed by atoms with E-state index in [1.54, 1.807) is 72.8 Å². The van der Waals surface area contributed by atoms with Gasteiger partial charge in [0.05, 0.1) is 18.9 Å². The summed E-state index contributed by atoms with van der Waals surface area (Å²) in [5.41, 5.74) is 5.55. The molecule has 2 N–H and O–H groups in total. The topological polar surface area (TPSA) is 106 Å². The Kier molecular flexibility index (Phi) is 8.71. The van der Waals surface area contributed by atoms with Crippen molar-refractivity contribution >= 4 is 41.3 Å². The third kappa shape index (κ3) is 7.30. The zero-order valence-corrected chi connectivity index (χ0v) is 21.9. The van der Waals surface area contributed by atoms with Crippen molar-refractivity contribution in [3.63, 3.8) is 0 Å². The summed E-state index contributed by atoms with van der Waals surface area (Å²) in [6, 6.07) is 24.8. The van der Waals surface area contributed by atoms with Gasteiger partial charge in [0.15, 0.2) is 0 Å². The fraction of sp³-hybridized carbons (Fsp3) is 0.0667. The third-order valence-electron chi connectivity index (χ3n) is 5.56. The van der Waals surface area contributed by atoms with Crippen molar-refractivity contribution in [1.82, 2.24) is 5.43 Å². The summed E-state index contributed by atoms with van der Waals surface area (Å²) in [5.74, 6) is -0.462. The largest absolute Gasteiger partial charge is 0.497 e. The van der Waals surface area contributed by atoms with Gasteiger partial charge in [-0.3, -0.25) is 9.59 Å². The van der Waals surface area contributed by atoms with E-state index in [1.807, 2.05) is 19.1 Å². The Morgan fingerprint density at radius 1 is 0.821 bits per heavy atom. The molecule has 0 heterocycles. The number of halogens is 1. The van der Waals surface area contributed by atoms with E-state index < -0.39 is 11.9 Å². The second-order valence-electron chi connectivity index (χ2n) is 8.40. The Balaban J connectivity index is 1.38. The molecule has 0 aromatic heterocycles. The van der Waals surface area contributed by atoms with Gasteiger partial charge in [-0.1, -0.05) is 29.3 Å². The summed E-state index contributed by atoms with van der Waals surface area (Å²) in [5, 5.41) is 7.18. The highest BCUT2D eigenvalue weighted by Gasteiger charge is 2.13. The van der Waals surface area contributed by atoms with Crippen LogP contribution in [0.4, 0.5) is 5.69 Å². The Labute approximate surface area is 230 Å². The molecular weight excluding hydrogens is 518 g/mol. The van der Waals surface area contributed by atoms with Crippen molar-refractivity contribution in [2.45, 2.75) is 6.92 Å². The number of nitrogens with zero attached hydrogens (tertiary/aromatic N) is 1. The maximum atomic E-state index is 12.6. The molecule has 0 bridgehead atoms. The van der Waals surface area contributed by atoms with Gasteiger partial charge in [0.25, 0.3) is 11.8 Å². The first-order chi connectivity index (χ1) is 18.8. The summed E-state index contributed by atoms with van der Waals surface area (Å²) in [4.78, 5) is 37.6. The molecule has 0 aliphatic heterocycles. The second-order valence-corrected chi connectivity index (χ2v) is 8.84. The molecule has 4 aromatic carbocycles. The minimum atomic E-state index is -0.576. The molecule has 0 atom stereocenters. The standard InChI is InChI=1S/C30H24ClN3O5/c1-19-4-3-5-22(16-19)28(35)33-25-11-6-20(7-12-25)29(36)34-32-18-23-17-24(31)10-15-27(23)39-30(37)21-8-13-26(38-2)14-9-21/h3-18H,1-2H3,(H,33,35)(H,34,36)/b32-18+. The lowest BCUT2D eigenvalue weighted by atomic mass is 10.1. The number of esters is 1. The van der Waals surface area contributed by atoms with Gasteiger partial charge < -0.3 is 14.8 Å². The van der Waals surface area contributed by atoms with Crippen LogP contribution in [0.2, 0.25) is 5.02 Å². The van der Waals surface area contributed by atoms with Crippen molar-refractivity contribution in [2.75, 3.05) is 12.4 Å². The lowest BCUT2D eigenvalue weighted by Gasteiger charge is -2.09. The minimum absolute atomic E-state index is 0.215. The molecule has 2 amide bonds. The van der Waals surface area contributed by atoms with Crippen LogP contribution in [0.15, 0.2) is 96.1 Å². The molecule has 0 saturated carbocycles. The third-order valence-corrected chi connectivity index (χ3v) is 5.79. The van der Waals surface area contributed by atoms with E-state index in [0.717, 1.165) is 5.56 Å². The number of nitrogens with one attached hydrogen (secondary N) is 2. The molecule has 4 aromatic rings. The number of amides is 2. The first kappa shape index (κ1) is 27.1. The zero-order valence-electron chi connectivity index (χ0n) is 21.1. The number of hydrogen-bond donors (Lipinski definition) is 2. The predicted octanol–water partition coefficient (Wildman–Crippen LogP) is 5.89. The molecular formula is C30H24ClN3O5. The van der Waals surface area contributed by atoms with Gasteiger partial charge >= 0.3 is 5.97 Å². The molecule has 0 fully saturated rings. The van der Waals surface area contributed by atoms with Gasteiger partial charge in [-0.15, -0.1) is 0 Å². The highest BCUT2D eigenvalue weighted by molar-refractivity contribution is 6.31. The molecule has 0 saturated heterocycles. The first-order valence-electron chi connectivity index (χ1n) is 11.8. The van der Waals surface area contributed by atoms with E-state index in [4.69, 9.17) is 21.1 Å². The summed E-state index contributed by atoms with van der Waals surface area (Å²) in [6.07, 6.45) is 1.33. The molecule has 0 spiro atoms. The lowest BCUT2D eigenvalue weighted by Crippen LogP contribution is -2.18. The van der Waals surface area contributed by atoms with E-state index in [2.05, 4.69) is 15.8 Å². The van der Waals surface area contributed by atoms with Crippen molar-refractivity contribution < 1.29 is 23.9 Å². The monoisotopic (exact) mass is 541 g/mol. The highest BCUT2D eigenvalue weighted by Crippen LogP contribution is 2.23. The van der Waals surface area contributed by atoms with E-state index in [9.17, 15) is 14.4 Å². The van der Waals surface area contributed by atoms with Gasteiger partial charge in [-0.25, -0.2) is 10.2 Å². The molecule has 0 aliphatic rings. The Hall–Kier alpha value is -4.95. The van der Waals surface area contributed by atoms with Gasteiger partial charge in [0, 0.05) is 27.4 Å². The van der Waals surface area contributed by atoms with Crippen molar-refractivity contribution in [2.24, 2.45) is 5.10 Å². The smallest absolute Gasteiger partial charge is 0.343 e. The molecule has 9 heteroatoms. The maximum absolute atomic E-state index is 12.6. The van der Waals surface area contributed by atoms with E-state index in [0.29, 0.717) is 38.7 Å². The van der Waals surface area contributed by atoms with Crippen LogP contribution in [0, 0.1) is 6.92 Å². The van der Waals surface area contributed by atoms with Crippen LogP contribution < -0.4 is 20.2 Å². The highest BCUT2D eigenvalue weighted by atomic mass is 35.5.